The first-order chi connectivity index (χ1) is 9.62. The highest BCUT2D eigenvalue weighted by atomic mass is 35.5. The van der Waals surface area contributed by atoms with Crippen LogP contribution in [0.25, 0.3) is 0 Å². The van der Waals surface area contributed by atoms with Gasteiger partial charge < -0.3 is 4.74 Å². The highest BCUT2D eigenvalue weighted by Gasteiger charge is 2.42. The molecule has 0 saturated carbocycles. The van der Waals surface area contributed by atoms with Gasteiger partial charge in [-0.25, -0.2) is 4.79 Å². The van der Waals surface area contributed by atoms with Gasteiger partial charge in [-0.2, -0.15) is 8.78 Å². The van der Waals surface area contributed by atoms with Crippen LogP contribution < -0.4 is 0 Å². The average molecular weight is 318 g/mol. The number of rotatable bonds is 1. The third kappa shape index (κ3) is 3.64. The van der Waals surface area contributed by atoms with Gasteiger partial charge in [0.15, 0.2) is 0 Å². The minimum atomic E-state index is -3.10. The molecule has 0 spiro atoms. The van der Waals surface area contributed by atoms with Gasteiger partial charge in [0, 0.05) is 18.0 Å². The van der Waals surface area contributed by atoms with Crippen LogP contribution >= 0.6 is 11.6 Å². The summed E-state index contributed by atoms with van der Waals surface area (Å²) in [4.78, 5) is 13.0. The normalized spacial score (nSPS) is 17.3. The van der Waals surface area contributed by atoms with E-state index in [2.05, 4.69) is 0 Å². The summed E-state index contributed by atoms with van der Waals surface area (Å²) in [5.41, 5.74) is 0.294. The number of hydrogen-bond donors (Lipinski definition) is 0. The van der Waals surface area contributed by atoms with Gasteiger partial charge in [-0.1, -0.05) is 12.1 Å². The average Bonchev–Trinajstić information content (AvgIpc) is 2.35. The second-order valence-corrected chi connectivity index (χ2v) is 6.43. The summed E-state index contributed by atoms with van der Waals surface area (Å²) in [5, 5.41) is 0. The van der Waals surface area contributed by atoms with Crippen LogP contribution in [0.4, 0.5) is 13.6 Å². The molecule has 6 heteroatoms. The van der Waals surface area contributed by atoms with Crippen molar-refractivity contribution in [1.82, 2.24) is 4.90 Å². The lowest BCUT2D eigenvalue weighted by Crippen LogP contribution is -2.45. The van der Waals surface area contributed by atoms with Crippen molar-refractivity contribution in [2.24, 2.45) is 0 Å². The van der Waals surface area contributed by atoms with Crippen molar-refractivity contribution in [2.45, 2.75) is 44.7 Å². The molecule has 0 N–H and O–H groups in total. The van der Waals surface area contributed by atoms with Crippen molar-refractivity contribution >= 4 is 17.7 Å². The fraction of sp³-hybridized carbons (Fsp3) is 0.533. The zero-order chi connectivity index (χ0) is 15.8. The Hall–Kier alpha value is -1.36. The van der Waals surface area contributed by atoms with Gasteiger partial charge in [0.25, 0.3) is 5.92 Å². The number of ether oxygens (including phenoxy) is 1. The molecule has 1 aliphatic heterocycles. The standard InChI is InChI=1S/C15H18ClF2NO2/c1-14(2,3)21-13(20)19-8-11-5-4-10(7-16)6-12(11)15(17,18)9-19/h4-6H,7-9H2,1-3H3. The molecule has 1 aromatic carbocycles. The van der Waals surface area contributed by atoms with E-state index in [0.29, 0.717) is 11.1 Å². The number of nitrogens with zero attached hydrogens (tertiary/aromatic N) is 1. The third-order valence-electron chi connectivity index (χ3n) is 3.12. The first-order valence-corrected chi connectivity index (χ1v) is 7.20. The Morgan fingerprint density at radius 1 is 1.43 bits per heavy atom. The van der Waals surface area contributed by atoms with Crippen molar-refractivity contribution < 1.29 is 18.3 Å². The molecule has 0 bridgehead atoms. The highest BCUT2D eigenvalue weighted by molar-refractivity contribution is 6.17. The smallest absolute Gasteiger partial charge is 0.410 e. The van der Waals surface area contributed by atoms with Gasteiger partial charge in [0.2, 0.25) is 0 Å². The van der Waals surface area contributed by atoms with Crippen LogP contribution in [0.1, 0.15) is 37.5 Å². The monoisotopic (exact) mass is 317 g/mol. The van der Waals surface area contributed by atoms with Crippen LogP contribution in [-0.2, 0) is 23.1 Å². The van der Waals surface area contributed by atoms with E-state index in [1.807, 2.05) is 0 Å². The molecular formula is C15H18ClF2NO2. The molecule has 1 amide bonds. The van der Waals surface area contributed by atoms with E-state index in [9.17, 15) is 13.6 Å². The number of hydrogen-bond acceptors (Lipinski definition) is 2. The Balaban J connectivity index is 2.27. The van der Waals surface area contributed by atoms with Crippen molar-refractivity contribution in [3.63, 3.8) is 0 Å². The maximum absolute atomic E-state index is 14.3. The molecule has 0 saturated heterocycles. The molecule has 0 aromatic heterocycles. The van der Waals surface area contributed by atoms with Crippen molar-refractivity contribution in [2.75, 3.05) is 6.54 Å². The second kappa shape index (κ2) is 5.44. The molecule has 0 atom stereocenters. The maximum atomic E-state index is 14.3. The van der Waals surface area contributed by atoms with Crippen LogP contribution in [-0.4, -0.2) is 23.1 Å². The Morgan fingerprint density at radius 2 is 2.10 bits per heavy atom. The molecule has 1 aliphatic rings. The number of amides is 1. The Labute approximate surface area is 127 Å². The fourth-order valence-electron chi connectivity index (χ4n) is 2.23. The number of halogens is 3. The van der Waals surface area contributed by atoms with Crippen molar-refractivity contribution in [3.05, 3.63) is 34.9 Å². The molecule has 0 unspecified atom stereocenters. The summed E-state index contributed by atoms with van der Waals surface area (Å²) in [5.74, 6) is -2.92. The van der Waals surface area contributed by atoms with E-state index in [0.717, 1.165) is 4.90 Å². The first-order valence-electron chi connectivity index (χ1n) is 6.66. The molecule has 0 fully saturated rings. The fourth-order valence-corrected chi connectivity index (χ4v) is 2.39. The summed E-state index contributed by atoms with van der Waals surface area (Å²) in [6.45, 7) is 4.54. The number of fused-ring (bicyclic) bond motifs is 1. The van der Waals surface area contributed by atoms with E-state index < -0.39 is 24.2 Å². The zero-order valence-electron chi connectivity index (χ0n) is 12.3. The van der Waals surface area contributed by atoms with Crippen molar-refractivity contribution in [1.29, 1.82) is 0 Å². The van der Waals surface area contributed by atoms with Crippen molar-refractivity contribution in [3.8, 4) is 0 Å². The van der Waals surface area contributed by atoms with Gasteiger partial charge in [0.1, 0.15) is 5.60 Å². The number of carbonyl (C=O) groups excluding carboxylic acids is 1. The van der Waals surface area contributed by atoms with E-state index in [4.69, 9.17) is 16.3 Å². The van der Waals surface area contributed by atoms with E-state index in [1.165, 1.54) is 6.07 Å². The highest BCUT2D eigenvalue weighted by Crippen LogP contribution is 2.37. The largest absolute Gasteiger partial charge is 0.444 e. The van der Waals surface area contributed by atoms with Crippen LogP contribution in [0, 0.1) is 0 Å². The number of carbonyl (C=O) groups is 1. The van der Waals surface area contributed by atoms with Crippen LogP contribution in [0.15, 0.2) is 18.2 Å². The summed E-state index contributed by atoms with van der Waals surface area (Å²) in [6.07, 6.45) is -0.728. The molecular weight excluding hydrogens is 300 g/mol. The molecule has 1 aromatic rings. The van der Waals surface area contributed by atoms with Gasteiger partial charge in [0.05, 0.1) is 6.54 Å². The molecule has 2 rings (SSSR count). The van der Waals surface area contributed by atoms with Gasteiger partial charge in [-0.3, -0.25) is 4.90 Å². The van der Waals surface area contributed by atoms with Gasteiger partial charge >= 0.3 is 6.09 Å². The van der Waals surface area contributed by atoms with E-state index in [1.54, 1.807) is 32.9 Å². The number of alkyl halides is 3. The van der Waals surface area contributed by atoms with Crippen LogP contribution in [0.3, 0.4) is 0 Å². The lowest BCUT2D eigenvalue weighted by atomic mass is 9.95. The molecule has 21 heavy (non-hydrogen) atoms. The topological polar surface area (TPSA) is 29.5 Å². The third-order valence-corrected chi connectivity index (χ3v) is 3.43. The van der Waals surface area contributed by atoms with Crippen LogP contribution in [0.5, 0.6) is 0 Å². The van der Waals surface area contributed by atoms with Crippen LogP contribution in [0.2, 0.25) is 0 Å². The Kier molecular flexibility index (Phi) is 4.15. The van der Waals surface area contributed by atoms with E-state index in [-0.39, 0.29) is 18.0 Å². The predicted octanol–water partition coefficient (Wildman–Crippen LogP) is 4.27. The zero-order valence-corrected chi connectivity index (χ0v) is 13.0. The summed E-state index contributed by atoms with van der Waals surface area (Å²) < 4.78 is 33.7. The molecule has 3 nitrogen and oxygen atoms in total. The summed E-state index contributed by atoms with van der Waals surface area (Å²) >= 11 is 5.68. The Morgan fingerprint density at radius 3 is 2.67 bits per heavy atom. The SMILES string of the molecule is CC(C)(C)OC(=O)N1Cc2ccc(CCl)cc2C(F)(F)C1. The van der Waals surface area contributed by atoms with Gasteiger partial charge in [-0.05, 0) is 38.0 Å². The lowest BCUT2D eigenvalue weighted by molar-refractivity contribution is -0.0591. The summed E-state index contributed by atoms with van der Waals surface area (Å²) in [6, 6.07) is 4.70. The Bertz CT molecular complexity index is 555. The maximum Gasteiger partial charge on any atom is 0.410 e. The molecule has 0 radical (unpaired) electrons. The molecule has 116 valence electrons. The quantitative estimate of drug-likeness (QED) is 0.724. The minimum Gasteiger partial charge on any atom is -0.444 e. The minimum absolute atomic E-state index is 0.0551. The predicted molar refractivity (Wildman–Crippen MR) is 76.5 cm³/mol. The molecule has 1 heterocycles. The number of benzene rings is 1. The second-order valence-electron chi connectivity index (χ2n) is 6.17. The molecule has 0 aliphatic carbocycles. The lowest BCUT2D eigenvalue weighted by Gasteiger charge is -2.35. The van der Waals surface area contributed by atoms with Gasteiger partial charge in [-0.15, -0.1) is 11.6 Å². The first kappa shape index (κ1) is 16.0. The van der Waals surface area contributed by atoms with E-state index >= 15 is 0 Å². The summed E-state index contributed by atoms with van der Waals surface area (Å²) in [7, 11) is 0.